The fourth-order valence-electron chi connectivity index (χ4n) is 1.03. The second kappa shape index (κ2) is 9.83. The van der Waals surface area contributed by atoms with E-state index in [1.165, 1.54) is 0 Å². The van der Waals surface area contributed by atoms with Crippen LogP contribution < -0.4 is 0 Å². The van der Waals surface area contributed by atoms with Crippen molar-refractivity contribution >= 4 is 12.3 Å². The summed E-state index contributed by atoms with van der Waals surface area (Å²) in [6.07, 6.45) is -0.131. The van der Waals surface area contributed by atoms with Gasteiger partial charge in [0.25, 0.3) is 0 Å². The van der Waals surface area contributed by atoms with Gasteiger partial charge in [-0.1, -0.05) is 12.1 Å². The third-order valence-corrected chi connectivity index (χ3v) is 1.59. The molecule has 0 aliphatic carbocycles. The highest BCUT2D eigenvalue weighted by atomic mass is 16.6. The minimum absolute atomic E-state index is 0.915. The summed E-state index contributed by atoms with van der Waals surface area (Å²) in [5, 5.41) is 27.9. The highest BCUT2D eigenvalue weighted by Gasteiger charge is 1.95. The van der Waals surface area contributed by atoms with Crippen LogP contribution in [0.3, 0.4) is 0 Å². The lowest BCUT2D eigenvalue weighted by atomic mass is 10.2. The van der Waals surface area contributed by atoms with E-state index in [1.807, 2.05) is 36.4 Å². The molecule has 0 amide bonds. The molecule has 0 saturated carbocycles. The van der Waals surface area contributed by atoms with Crippen LogP contribution in [0.2, 0.25) is 0 Å². The Kier molecular flexibility index (Phi) is 8.28. The fourth-order valence-corrected chi connectivity index (χ4v) is 1.03. The SMILES string of the molecule is O=C(O)O.O=C(O)O.c1ccc(-c2ccccn2)nc1. The molecular formula is C12H12N2O6. The van der Waals surface area contributed by atoms with Crippen molar-refractivity contribution in [2.24, 2.45) is 0 Å². The van der Waals surface area contributed by atoms with Gasteiger partial charge in [0.15, 0.2) is 0 Å². The van der Waals surface area contributed by atoms with Crippen LogP contribution in [0.25, 0.3) is 11.4 Å². The highest BCUT2D eigenvalue weighted by Crippen LogP contribution is 2.10. The summed E-state index contributed by atoms with van der Waals surface area (Å²) in [5.41, 5.74) is 1.83. The first kappa shape index (κ1) is 16.8. The van der Waals surface area contributed by atoms with Crippen molar-refractivity contribution in [1.82, 2.24) is 9.97 Å². The lowest BCUT2D eigenvalue weighted by molar-refractivity contribution is 0.135. The standard InChI is InChI=1S/C10H8N2.2CH2O3/c1-3-7-11-9(5-1)10-6-2-4-8-12-10;2*2-1(3)4/h1-8H;2*(H2,2,3,4). The van der Waals surface area contributed by atoms with Crippen LogP contribution in [0.5, 0.6) is 0 Å². The van der Waals surface area contributed by atoms with Crippen molar-refractivity contribution in [1.29, 1.82) is 0 Å². The molecule has 0 saturated heterocycles. The van der Waals surface area contributed by atoms with E-state index in [1.54, 1.807) is 12.4 Å². The maximum Gasteiger partial charge on any atom is 0.503 e. The number of rotatable bonds is 1. The molecule has 20 heavy (non-hydrogen) atoms. The predicted molar refractivity (Wildman–Crippen MR) is 68.8 cm³/mol. The zero-order valence-corrected chi connectivity index (χ0v) is 10.1. The van der Waals surface area contributed by atoms with E-state index in [9.17, 15) is 0 Å². The molecule has 8 nitrogen and oxygen atoms in total. The summed E-state index contributed by atoms with van der Waals surface area (Å²) in [7, 11) is 0. The van der Waals surface area contributed by atoms with Crippen LogP contribution in [0, 0.1) is 0 Å². The van der Waals surface area contributed by atoms with Gasteiger partial charge in [-0.3, -0.25) is 9.97 Å². The number of carboxylic acid groups (broad SMARTS) is 4. The molecule has 0 fully saturated rings. The van der Waals surface area contributed by atoms with Crippen LogP contribution in [0.4, 0.5) is 9.59 Å². The van der Waals surface area contributed by atoms with Crippen molar-refractivity contribution in [2.45, 2.75) is 0 Å². The first-order valence-corrected chi connectivity index (χ1v) is 5.09. The molecule has 0 atom stereocenters. The van der Waals surface area contributed by atoms with Crippen LogP contribution in [-0.2, 0) is 0 Å². The summed E-state index contributed by atoms with van der Waals surface area (Å²) in [6.45, 7) is 0. The molecule has 106 valence electrons. The average Bonchev–Trinajstić information content (AvgIpc) is 2.39. The Balaban J connectivity index is 0.000000380. The van der Waals surface area contributed by atoms with Gasteiger partial charge in [-0.25, -0.2) is 9.59 Å². The smallest absolute Gasteiger partial charge is 0.450 e. The molecule has 0 aromatic carbocycles. The van der Waals surface area contributed by atoms with E-state index in [2.05, 4.69) is 9.97 Å². The van der Waals surface area contributed by atoms with E-state index in [-0.39, 0.29) is 0 Å². The molecule has 2 aromatic heterocycles. The third-order valence-electron chi connectivity index (χ3n) is 1.59. The van der Waals surface area contributed by atoms with E-state index < -0.39 is 12.3 Å². The summed E-state index contributed by atoms with van der Waals surface area (Å²) in [5.74, 6) is 0. The van der Waals surface area contributed by atoms with Crippen LogP contribution in [0.1, 0.15) is 0 Å². The minimum atomic E-state index is -1.83. The Morgan fingerprint density at radius 2 is 1.00 bits per heavy atom. The molecule has 2 rings (SSSR count). The Morgan fingerprint density at radius 3 is 1.20 bits per heavy atom. The summed E-state index contributed by atoms with van der Waals surface area (Å²) < 4.78 is 0. The van der Waals surface area contributed by atoms with Crippen molar-refractivity contribution in [3.05, 3.63) is 48.8 Å². The summed E-state index contributed by atoms with van der Waals surface area (Å²) >= 11 is 0. The quantitative estimate of drug-likeness (QED) is 0.624. The van der Waals surface area contributed by atoms with Gasteiger partial charge >= 0.3 is 12.3 Å². The average molecular weight is 280 g/mol. The number of pyridine rings is 2. The lowest BCUT2D eigenvalue weighted by Gasteiger charge is -1.96. The van der Waals surface area contributed by atoms with Gasteiger partial charge in [0.2, 0.25) is 0 Å². The van der Waals surface area contributed by atoms with Gasteiger partial charge in [0.05, 0.1) is 11.4 Å². The Morgan fingerprint density at radius 1 is 0.700 bits per heavy atom. The van der Waals surface area contributed by atoms with Crippen molar-refractivity contribution in [2.75, 3.05) is 0 Å². The van der Waals surface area contributed by atoms with Crippen molar-refractivity contribution < 1.29 is 30.0 Å². The number of carbonyl (C=O) groups is 2. The van der Waals surface area contributed by atoms with Crippen LogP contribution in [0.15, 0.2) is 48.8 Å². The normalized spacial score (nSPS) is 8.20. The van der Waals surface area contributed by atoms with Crippen molar-refractivity contribution in [3.63, 3.8) is 0 Å². The monoisotopic (exact) mass is 280 g/mol. The Bertz CT molecular complexity index is 460. The van der Waals surface area contributed by atoms with Gasteiger partial charge in [-0.05, 0) is 24.3 Å². The molecular weight excluding hydrogens is 268 g/mol. The van der Waals surface area contributed by atoms with Crippen LogP contribution >= 0.6 is 0 Å². The first-order valence-electron chi connectivity index (χ1n) is 5.09. The van der Waals surface area contributed by atoms with E-state index in [4.69, 9.17) is 30.0 Å². The lowest BCUT2D eigenvalue weighted by Crippen LogP contribution is -1.83. The first-order chi connectivity index (χ1) is 9.43. The van der Waals surface area contributed by atoms with Crippen LogP contribution in [-0.4, -0.2) is 42.7 Å². The fraction of sp³-hybridized carbons (Fsp3) is 0. The van der Waals surface area contributed by atoms with Gasteiger partial charge < -0.3 is 20.4 Å². The number of nitrogens with zero attached hydrogens (tertiary/aromatic N) is 2. The molecule has 0 radical (unpaired) electrons. The van der Waals surface area contributed by atoms with E-state index in [0.29, 0.717) is 0 Å². The van der Waals surface area contributed by atoms with Gasteiger partial charge in [0.1, 0.15) is 0 Å². The molecule has 0 aliphatic heterocycles. The molecule has 0 bridgehead atoms. The Labute approximate surface area is 113 Å². The van der Waals surface area contributed by atoms with Gasteiger partial charge in [0, 0.05) is 12.4 Å². The zero-order valence-electron chi connectivity index (χ0n) is 10.1. The summed E-state index contributed by atoms with van der Waals surface area (Å²) in [6, 6.07) is 11.6. The highest BCUT2D eigenvalue weighted by molar-refractivity contribution is 5.53. The molecule has 4 N–H and O–H groups in total. The second-order valence-electron chi connectivity index (χ2n) is 3.00. The second-order valence-corrected chi connectivity index (χ2v) is 3.00. The number of hydrogen-bond donors (Lipinski definition) is 4. The maximum absolute atomic E-state index is 8.56. The van der Waals surface area contributed by atoms with Crippen molar-refractivity contribution in [3.8, 4) is 11.4 Å². The Hall–Kier alpha value is -3.16. The molecule has 0 unspecified atom stereocenters. The molecule has 2 aromatic rings. The molecule has 0 aliphatic rings. The summed E-state index contributed by atoms with van der Waals surface area (Å²) in [4.78, 5) is 25.5. The molecule has 8 heteroatoms. The van der Waals surface area contributed by atoms with Gasteiger partial charge in [-0.2, -0.15) is 0 Å². The third kappa shape index (κ3) is 10.0. The number of aromatic nitrogens is 2. The minimum Gasteiger partial charge on any atom is -0.450 e. The zero-order chi connectivity index (χ0) is 15.4. The van der Waals surface area contributed by atoms with Gasteiger partial charge in [-0.15, -0.1) is 0 Å². The largest absolute Gasteiger partial charge is 0.503 e. The molecule has 2 heterocycles. The topological polar surface area (TPSA) is 141 Å². The maximum atomic E-state index is 8.56. The number of hydrogen-bond acceptors (Lipinski definition) is 4. The van der Waals surface area contributed by atoms with E-state index >= 15 is 0 Å². The predicted octanol–water partition coefficient (Wildman–Crippen LogP) is 2.59. The molecule has 0 spiro atoms. The van der Waals surface area contributed by atoms with E-state index in [0.717, 1.165) is 11.4 Å².